The fourth-order valence-electron chi connectivity index (χ4n) is 2.06. The first kappa shape index (κ1) is 15.2. The zero-order valence-corrected chi connectivity index (χ0v) is 12.3. The Morgan fingerprint density at radius 3 is 2.67 bits per heavy atom. The van der Waals surface area contributed by atoms with E-state index in [2.05, 4.69) is 14.9 Å². The number of rotatable bonds is 5. The molecule has 0 fully saturated rings. The maximum absolute atomic E-state index is 12.3. The van der Waals surface area contributed by atoms with Crippen molar-refractivity contribution < 1.29 is 18.3 Å². The molecular weight excluding hydrogens is 294 g/mol. The van der Waals surface area contributed by atoms with Crippen LogP contribution in [0.4, 0.5) is 0 Å². The van der Waals surface area contributed by atoms with Crippen LogP contribution < -0.4 is 4.72 Å². The van der Waals surface area contributed by atoms with Crippen molar-refractivity contribution in [3.8, 4) is 0 Å². The topological polar surface area (TPSA) is 112 Å². The summed E-state index contributed by atoms with van der Waals surface area (Å²) in [5.41, 5.74) is 1.37. The number of aromatic nitrogens is 2. The molecule has 3 N–H and O–H groups in total. The van der Waals surface area contributed by atoms with Crippen LogP contribution in [-0.4, -0.2) is 29.7 Å². The minimum absolute atomic E-state index is 0.389. The number of hydrogen-bond acceptors (Lipinski definition) is 4. The molecule has 8 heteroatoms. The molecule has 21 heavy (non-hydrogen) atoms. The Morgan fingerprint density at radius 1 is 1.38 bits per heavy atom. The van der Waals surface area contributed by atoms with Gasteiger partial charge in [0.15, 0.2) is 5.03 Å². The summed E-state index contributed by atoms with van der Waals surface area (Å²) in [7, 11) is -4.01. The van der Waals surface area contributed by atoms with Gasteiger partial charge in [0.05, 0.1) is 6.20 Å². The fraction of sp³-hybridized carbons (Fsp3) is 0.231. The quantitative estimate of drug-likeness (QED) is 0.774. The molecule has 0 bridgehead atoms. The molecule has 1 heterocycles. The van der Waals surface area contributed by atoms with Crippen LogP contribution in [0.25, 0.3) is 0 Å². The standard InChI is InChI=1S/C13H15N3O4S/c1-8-5-3-4-6-10(8)9(2)16-21(19,20)12-11(13(17)18)7-14-15-12/h3-7,9,16H,1-2H3,(H,14,15)(H,17,18)/t9-/m1/s1. The van der Waals surface area contributed by atoms with Crippen molar-refractivity contribution in [2.24, 2.45) is 0 Å². The van der Waals surface area contributed by atoms with Crippen LogP contribution in [0.2, 0.25) is 0 Å². The number of aryl methyl sites for hydroxylation is 1. The smallest absolute Gasteiger partial charge is 0.340 e. The second-order valence-corrected chi connectivity index (χ2v) is 6.27. The van der Waals surface area contributed by atoms with Gasteiger partial charge in [-0.15, -0.1) is 0 Å². The van der Waals surface area contributed by atoms with Gasteiger partial charge >= 0.3 is 5.97 Å². The van der Waals surface area contributed by atoms with Crippen molar-refractivity contribution in [1.82, 2.24) is 14.9 Å². The highest BCUT2D eigenvalue weighted by atomic mass is 32.2. The average Bonchev–Trinajstić information content (AvgIpc) is 2.88. The molecule has 1 atom stereocenters. The Kier molecular flexibility index (Phi) is 4.10. The molecule has 0 amide bonds. The number of sulfonamides is 1. The van der Waals surface area contributed by atoms with Crippen LogP contribution in [-0.2, 0) is 10.0 Å². The number of aromatic carboxylic acids is 1. The highest BCUT2D eigenvalue weighted by Crippen LogP contribution is 2.20. The van der Waals surface area contributed by atoms with Crippen molar-refractivity contribution >= 4 is 16.0 Å². The first-order chi connectivity index (χ1) is 9.83. The molecule has 112 valence electrons. The summed E-state index contributed by atoms with van der Waals surface area (Å²) in [6.07, 6.45) is 0.968. The molecular formula is C13H15N3O4S. The predicted octanol–water partition coefficient (Wildman–Crippen LogP) is 1.46. The van der Waals surface area contributed by atoms with Gasteiger partial charge in [0, 0.05) is 6.04 Å². The lowest BCUT2D eigenvalue weighted by Crippen LogP contribution is -2.28. The normalized spacial score (nSPS) is 13.0. The number of nitrogens with zero attached hydrogens (tertiary/aromatic N) is 1. The van der Waals surface area contributed by atoms with Gasteiger partial charge in [0.25, 0.3) is 10.0 Å². The zero-order chi connectivity index (χ0) is 15.6. The van der Waals surface area contributed by atoms with Crippen LogP contribution in [0.1, 0.15) is 34.5 Å². The van der Waals surface area contributed by atoms with Gasteiger partial charge in [0.1, 0.15) is 5.56 Å². The van der Waals surface area contributed by atoms with Gasteiger partial charge in [0.2, 0.25) is 0 Å². The second kappa shape index (κ2) is 5.66. The number of hydrogen-bond donors (Lipinski definition) is 3. The first-order valence-corrected chi connectivity index (χ1v) is 7.66. The lowest BCUT2D eigenvalue weighted by molar-refractivity contribution is 0.0692. The van der Waals surface area contributed by atoms with E-state index in [-0.39, 0.29) is 5.56 Å². The van der Waals surface area contributed by atoms with Gasteiger partial charge in [-0.2, -0.15) is 5.10 Å². The van der Waals surface area contributed by atoms with Crippen LogP contribution in [0.5, 0.6) is 0 Å². The number of aromatic amines is 1. The number of benzene rings is 1. The van der Waals surface area contributed by atoms with Crippen LogP contribution in [0, 0.1) is 6.92 Å². The SMILES string of the molecule is Cc1ccccc1[C@@H](C)NS(=O)(=O)c1[nH]ncc1C(=O)O. The molecule has 0 aliphatic carbocycles. The van der Waals surface area contributed by atoms with Gasteiger partial charge < -0.3 is 5.11 Å². The minimum Gasteiger partial charge on any atom is -0.478 e. The van der Waals surface area contributed by atoms with Gasteiger partial charge in [-0.05, 0) is 25.0 Å². The third kappa shape index (κ3) is 3.11. The maximum Gasteiger partial charge on any atom is 0.340 e. The zero-order valence-electron chi connectivity index (χ0n) is 11.5. The molecule has 0 aliphatic heterocycles. The van der Waals surface area contributed by atoms with Crippen LogP contribution in [0.3, 0.4) is 0 Å². The number of carbonyl (C=O) groups is 1. The Hall–Kier alpha value is -2.19. The molecule has 2 rings (SSSR count). The summed E-state index contributed by atoms with van der Waals surface area (Å²) in [4.78, 5) is 11.0. The Morgan fingerprint density at radius 2 is 2.05 bits per heavy atom. The first-order valence-electron chi connectivity index (χ1n) is 6.17. The monoisotopic (exact) mass is 309 g/mol. The third-order valence-corrected chi connectivity index (χ3v) is 4.60. The van der Waals surface area contributed by atoms with E-state index in [4.69, 9.17) is 5.11 Å². The van der Waals surface area contributed by atoms with E-state index in [1.165, 1.54) is 0 Å². The predicted molar refractivity (Wildman–Crippen MR) is 75.5 cm³/mol. The number of nitrogens with one attached hydrogen (secondary N) is 2. The molecule has 1 aromatic heterocycles. The Labute approximate surface area is 122 Å². The fourth-order valence-corrected chi connectivity index (χ4v) is 3.37. The highest BCUT2D eigenvalue weighted by molar-refractivity contribution is 7.89. The van der Waals surface area contributed by atoms with Crippen molar-refractivity contribution in [2.45, 2.75) is 24.9 Å². The molecule has 0 spiro atoms. The second-order valence-electron chi connectivity index (χ2n) is 4.62. The lowest BCUT2D eigenvalue weighted by atomic mass is 10.0. The molecule has 0 unspecified atom stereocenters. The van der Waals surface area contributed by atoms with E-state index in [9.17, 15) is 13.2 Å². The number of carboxylic acids is 1. The van der Waals surface area contributed by atoms with Crippen molar-refractivity contribution in [3.05, 3.63) is 47.2 Å². The lowest BCUT2D eigenvalue weighted by Gasteiger charge is -2.16. The summed E-state index contributed by atoms with van der Waals surface area (Å²) < 4.78 is 27.0. The van der Waals surface area contributed by atoms with Gasteiger partial charge in [-0.3, -0.25) is 5.10 Å². The Bertz CT molecular complexity index is 767. The van der Waals surface area contributed by atoms with Crippen molar-refractivity contribution in [2.75, 3.05) is 0 Å². The summed E-state index contributed by atoms with van der Waals surface area (Å²) in [5.74, 6) is -1.35. The maximum atomic E-state index is 12.3. The van der Waals surface area contributed by atoms with E-state index in [0.717, 1.165) is 17.3 Å². The molecule has 2 aromatic rings. The van der Waals surface area contributed by atoms with E-state index in [0.29, 0.717) is 0 Å². The van der Waals surface area contributed by atoms with Crippen LogP contribution in [0.15, 0.2) is 35.5 Å². The summed E-state index contributed by atoms with van der Waals surface area (Å²) in [6.45, 7) is 3.57. The molecule has 0 saturated carbocycles. The van der Waals surface area contributed by atoms with E-state index in [1.54, 1.807) is 6.92 Å². The molecule has 0 saturated heterocycles. The summed E-state index contributed by atoms with van der Waals surface area (Å²) >= 11 is 0. The molecule has 7 nitrogen and oxygen atoms in total. The summed E-state index contributed by atoms with van der Waals surface area (Å²) in [5, 5.41) is 14.2. The number of carboxylic acid groups (broad SMARTS) is 1. The van der Waals surface area contributed by atoms with E-state index < -0.39 is 27.1 Å². The molecule has 0 radical (unpaired) electrons. The third-order valence-electron chi connectivity index (χ3n) is 3.09. The summed E-state index contributed by atoms with van der Waals surface area (Å²) in [6, 6.07) is 6.86. The van der Waals surface area contributed by atoms with Crippen LogP contribution >= 0.6 is 0 Å². The Balaban J connectivity index is 2.32. The minimum atomic E-state index is -4.01. The average molecular weight is 309 g/mol. The molecule has 1 aromatic carbocycles. The van der Waals surface area contributed by atoms with Gasteiger partial charge in [-0.25, -0.2) is 17.9 Å². The van der Waals surface area contributed by atoms with E-state index >= 15 is 0 Å². The van der Waals surface area contributed by atoms with Gasteiger partial charge in [-0.1, -0.05) is 24.3 Å². The number of H-pyrrole nitrogens is 1. The van der Waals surface area contributed by atoms with Crippen molar-refractivity contribution in [3.63, 3.8) is 0 Å². The highest BCUT2D eigenvalue weighted by Gasteiger charge is 2.26. The van der Waals surface area contributed by atoms with E-state index in [1.807, 2.05) is 31.2 Å². The molecule has 0 aliphatic rings. The largest absolute Gasteiger partial charge is 0.478 e. The van der Waals surface area contributed by atoms with Crippen molar-refractivity contribution in [1.29, 1.82) is 0 Å².